The van der Waals surface area contributed by atoms with Gasteiger partial charge in [-0.3, -0.25) is 4.98 Å². The maximum Gasteiger partial charge on any atom is 0.147 e. The number of para-hydroxylation sites is 1. The summed E-state index contributed by atoms with van der Waals surface area (Å²) in [6.45, 7) is 5.60. The van der Waals surface area contributed by atoms with Gasteiger partial charge in [0.2, 0.25) is 0 Å². The van der Waals surface area contributed by atoms with Gasteiger partial charge >= 0.3 is 0 Å². The van der Waals surface area contributed by atoms with Gasteiger partial charge in [0, 0.05) is 49.7 Å². The lowest BCUT2D eigenvalue weighted by Gasteiger charge is -2.44. The van der Waals surface area contributed by atoms with Crippen molar-refractivity contribution in [3.05, 3.63) is 48.9 Å². The average molecular weight is 324 g/mol. The Labute approximate surface area is 143 Å². The van der Waals surface area contributed by atoms with Gasteiger partial charge in [-0.15, -0.1) is 0 Å². The number of hydrogen-bond acceptors (Lipinski definition) is 5. The van der Waals surface area contributed by atoms with Crippen LogP contribution in [0.4, 0.5) is 11.5 Å². The van der Waals surface area contributed by atoms with Crippen LogP contribution < -0.4 is 9.80 Å². The lowest BCUT2D eigenvalue weighted by Crippen LogP contribution is -2.51. The van der Waals surface area contributed by atoms with Gasteiger partial charge in [-0.25, -0.2) is 4.98 Å². The molecule has 1 spiro atoms. The number of ether oxygens (including phenoxy) is 1. The minimum absolute atomic E-state index is 0.155. The van der Waals surface area contributed by atoms with Gasteiger partial charge in [0.1, 0.15) is 5.82 Å². The lowest BCUT2D eigenvalue weighted by atomic mass is 9.80. The molecular weight excluding hydrogens is 300 g/mol. The summed E-state index contributed by atoms with van der Waals surface area (Å²) in [5, 5.41) is 0. The second kappa shape index (κ2) is 6.77. The predicted molar refractivity (Wildman–Crippen MR) is 95.4 cm³/mol. The topological polar surface area (TPSA) is 41.5 Å². The quantitative estimate of drug-likeness (QED) is 0.849. The van der Waals surface area contributed by atoms with E-state index in [1.54, 1.807) is 12.4 Å². The number of rotatable bonds is 2. The molecule has 24 heavy (non-hydrogen) atoms. The predicted octanol–water partition coefficient (Wildman–Crippen LogP) is 2.60. The van der Waals surface area contributed by atoms with Gasteiger partial charge in [0.25, 0.3) is 0 Å². The Hall–Kier alpha value is -2.14. The van der Waals surface area contributed by atoms with Crippen LogP contribution in [-0.2, 0) is 4.74 Å². The van der Waals surface area contributed by atoms with E-state index in [-0.39, 0.29) is 5.41 Å². The molecule has 0 saturated carbocycles. The van der Waals surface area contributed by atoms with Crippen LogP contribution in [0.25, 0.3) is 0 Å². The molecule has 2 saturated heterocycles. The molecule has 0 radical (unpaired) electrons. The first-order valence-electron chi connectivity index (χ1n) is 8.73. The van der Waals surface area contributed by atoms with Crippen LogP contribution in [0.1, 0.15) is 12.8 Å². The van der Waals surface area contributed by atoms with Crippen molar-refractivity contribution in [3.8, 4) is 0 Å². The second-order valence-electron chi connectivity index (χ2n) is 6.90. The molecule has 2 aromatic rings. The fourth-order valence-corrected chi connectivity index (χ4v) is 3.96. The number of anilines is 2. The lowest BCUT2D eigenvalue weighted by molar-refractivity contribution is 0.0599. The third kappa shape index (κ3) is 3.22. The fraction of sp³-hybridized carbons (Fsp3) is 0.474. The van der Waals surface area contributed by atoms with E-state index in [1.807, 2.05) is 6.20 Å². The highest BCUT2D eigenvalue weighted by Gasteiger charge is 2.39. The first kappa shape index (κ1) is 15.4. The maximum absolute atomic E-state index is 6.01. The zero-order chi connectivity index (χ0) is 16.2. The van der Waals surface area contributed by atoms with E-state index in [0.717, 1.165) is 45.2 Å². The summed E-state index contributed by atoms with van der Waals surface area (Å²) >= 11 is 0. The Kier molecular flexibility index (Phi) is 4.34. The molecule has 1 unspecified atom stereocenters. The van der Waals surface area contributed by atoms with Crippen LogP contribution in [0, 0.1) is 5.41 Å². The molecule has 1 aromatic carbocycles. The van der Waals surface area contributed by atoms with Gasteiger partial charge < -0.3 is 14.5 Å². The maximum atomic E-state index is 6.01. The standard InChI is InChI=1S/C19H24N4O/c1-2-5-17(6-3-1)22-10-4-7-19(14-22)15-23(11-12-24-16-19)18-13-20-8-9-21-18/h1-3,5-6,8-9,13H,4,7,10-12,14-16H2. The van der Waals surface area contributed by atoms with Crippen molar-refractivity contribution >= 4 is 11.5 Å². The van der Waals surface area contributed by atoms with E-state index in [1.165, 1.54) is 18.5 Å². The first-order valence-corrected chi connectivity index (χ1v) is 8.73. The molecule has 3 heterocycles. The molecule has 5 nitrogen and oxygen atoms in total. The summed E-state index contributed by atoms with van der Waals surface area (Å²) in [6.07, 6.45) is 7.76. The number of piperidine rings is 1. The highest BCUT2D eigenvalue weighted by Crippen LogP contribution is 2.35. The molecule has 126 valence electrons. The SMILES string of the molecule is c1ccc(N2CCCC3(COCCN(c4cnccn4)C3)C2)cc1. The van der Waals surface area contributed by atoms with Crippen molar-refractivity contribution in [2.75, 3.05) is 49.2 Å². The van der Waals surface area contributed by atoms with E-state index < -0.39 is 0 Å². The Morgan fingerprint density at radius 3 is 2.71 bits per heavy atom. The van der Waals surface area contributed by atoms with Crippen LogP contribution in [0.15, 0.2) is 48.9 Å². The van der Waals surface area contributed by atoms with E-state index in [2.05, 4.69) is 50.1 Å². The molecule has 5 heteroatoms. The number of hydrogen-bond donors (Lipinski definition) is 0. The van der Waals surface area contributed by atoms with E-state index in [0.29, 0.717) is 0 Å². The first-order chi connectivity index (χ1) is 11.8. The number of aromatic nitrogens is 2. The van der Waals surface area contributed by atoms with E-state index >= 15 is 0 Å². The smallest absolute Gasteiger partial charge is 0.147 e. The van der Waals surface area contributed by atoms with Crippen LogP contribution in [-0.4, -0.2) is 49.4 Å². The minimum Gasteiger partial charge on any atom is -0.379 e. The summed E-state index contributed by atoms with van der Waals surface area (Å²) in [7, 11) is 0. The van der Waals surface area contributed by atoms with Gasteiger partial charge in [-0.2, -0.15) is 0 Å². The number of nitrogens with zero attached hydrogens (tertiary/aromatic N) is 4. The molecule has 0 N–H and O–H groups in total. The molecule has 1 atom stereocenters. The summed E-state index contributed by atoms with van der Waals surface area (Å²) < 4.78 is 6.01. The van der Waals surface area contributed by atoms with Gasteiger partial charge in [-0.05, 0) is 25.0 Å². The van der Waals surface area contributed by atoms with Crippen molar-refractivity contribution in [2.24, 2.45) is 5.41 Å². The van der Waals surface area contributed by atoms with Crippen molar-refractivity contribution in [2.45, 2.75) is 12.8 Å². The minimum atomic E-state index is 0.155. The Balaban J connectivity index is 1.56. The Bertz CT molecular complexity index is 651. The highest BCUT2D eigenvalue weighted by molar-refractivity contribution is 5.47. The molecule has 0 amide bonds. The van der Waals surface area contributed by atoms with Crippen LogP contribution in [0.2, 0.25) is 0 Å². The number of benzene rings is 1. The highest BCUT2D eigenvalue weighted by atomic mass is 16.5. The Morgan fingerprint density at radius 1 is 1.00 bits per heavy atom. The largest absolute Gasteiger partial charge is 0.379 e. The molecule has 4 rings (SSSR count). The molecule has 2 aliphatic heterocycles. The molecule has 2 fully saturated rings. The molecule has 2 aliphatic rings. The van der Waals surface area contributed by atoms with Gasteiger partial charge in [-0.1, -0.05) is 18.2 Å². The summed E-state index contributed by atoms with van der Waals surface area (Å²) in [4.78, 5) is 13.6. The third-order valence-electron chi connectivity index (χ3n) is 5.10. The normalized spacial score (nSPS) is 24.8. The molecule has 0 aliphatic carbocycles. The van der Waals surface area contributed by atoms with E-state index in [9.17, 15) is 0 Å². The van der Waals surface area contributed by atoms with Crippen molar-refractivity contribution in [1.82, 2.24) is 9.97 Å². The summed E-state index contributed by atoms with van der Waals surface area (Å²) in [5.74, 6) is 0.958. The average Bonchev–Trinajstić information content (AvgIpc) is 2.86. The van der Waals surface area contributed by atoms with Gasteiger partial charge in [0.15, 0.2) is 0 Å². The van der Waals surface area contributed by atoms with Crippen LogP contribution >= 0.6 is 0 Å². The van der Waals surface area contributed by atoms with Gasteiger partial charge in [0.05, 0.1) is 19.4 Å². The summed E-state index contributed by atoms with van der Waals surface area (Å²) in [6, 6.07) is 10.7. The van der Waals surface area contributed by atoms with E-state index in [4.69, 9.17) is 4.74 Å². The van der Waals surface area contributed by atoms with Crippen molar-refractivity contribution in [1.29, 1.82) is 0 Å². The van der Waals surface area contributed by atoms with Crippen LogP contribution in [0.3, 0.4) is 0 Å². The molecule has 0 bridgehead atoms. The molecule has 1 aromatic heterocycles. The third-order valence-corrected chi connectivity index (χ3v) is 5.10. The second-order valence-corrected chi connectivity index (χ2v) is 6.90. The van der Waals surface area contributed by atoms with Crippen molar-refractivity contribution < 1.29 is 4.74 Å². The van der Waals surface area contributed by atoms with Crippen molar-refractivity contribution in [3.63, 3.8) is 0 Å². The Morgan fingerprint density at radius 2 is 1.88 bits per heavy atom. The van der Waals surface area contributed by atoms with Crippen LogP contribution in [0.5, 0.6) is 0 Å². The zero-order valence-corrected chi connectivity index (χ0v) is 14.0. The fourth-order valence-electron chi connectivity index (χ4n) is 3.96. The molecular formula is C19H24N4O. The summed E-state index contributed by atoms with van der Waals surface area (Å²) in [5.41, 5.74) is 1.47. The zero-order valence-electron chi connectivity index (χ0n) is 14.0. The monoisotopic (exact) mass is 324 g/mol.